The molecule has 1 aliphatic heterocycles. The zero-order valence-corrected chi connectivity index (χ0v) is 17.9. The molecule has 1 unspecified atom stereocenters. The average molecular weight is 451 g/mol. The highest BCUT2D eigenvalue weighted by Gasteiger charge is 2.48. The van der Waals surface area contributed by atoms with Crippen LogP contribution in [0.1, 0.15) is 22.9 Å². The lowest BCUT2D eigenvalue weighted by molar-refractivity contribution is -0.132. The number of Topliss-reactive ketones (excluding diaryl/α,β-unsaturated/α-hetero) is 1. The molecular formula is C24H19ClN2O5. The lowest BCUT2D eigenvalue weighted by Gasteiger charge is -2.23. The fourth-order valence-electron chi connectivity index (χ4n) is 3.54. The number of ketones is 1. The Morgan fingerprint density at radius 2 is 2.00 bits per heavy atom. The van der Waals surface area contributed by atoms with Crippen LogP contribution in [-0.4, -0.2) is 28.6 Å². The molecule has 1 saturated heterocycles. The summed E-state index contributed by atoms with van der Waals surface area (Å²) in [5.74, 6) is -0.804. The molecule has 3 aromatic rings. The molecule has 1 atom stereocenters. The average Bonchev–Trinajstić information content (AvgIpc) is 3.33. The van der Waals surface area contributed by atoms with Crippen LogP contribution in [0.5, 0.6) is 5.75 Å². The van der Waals surface area contributed by atoms with E-state index in [9.17, 15) is 14.7 Å². The first-order valence-corrected chi connectivity index (χ1v) is 10.1. The maximum atomic E-state index is 13.1. The predicted molar refractivity (Wildman–Crippen MR) is 120 cm³/mol. The minimum Gasteiger partial charge on any atom is -0.507 e. The molecule has 162 valence electrons. The fourth-order valence-corrected chi connectivity index (χ4v) is 3.67. The van der Waals surface area contributed by atoms with E-state index in [1.807, 2.05) is 0 Å². The monoisotopic (exact) mass is 450 g/mol. The summed E-state index contributed by atoms with van der Waals surface area (Å²) < 4.78 is 10.7. The predicted octanol–water partition coefficient (Wildman–Crippen LogP) is 4.83. The molecule has 1 fully saturated rings. The Kier molecular flexibility index (Phi) is 5.83. The SMILES string of the molecule is C=CCOc1cccc(C2/C(=C(\O)c3ccc(Cl)cc3)C(=O)C(=O)N2c2cc(C)on2)c1. The topological polar surface area (TPSA) is 92.9 Å². The van der Waals surface area contributed by atoms with Gasteiger partial charge in [-0.2, -0.15) is 0 Å². The van der Waals surface area contributed by atoms with E-state index in [4.69, 9.17) is 20.9 Å². The van der Waals surface area contributed by atoms with Crippen LogP contribution in [0.2, 0.25) is 5.02 Å². The highest BCUT2D eigenvalue weighted by molar-refractivity contribution is 6.51. The third-order valence-electron chi connectivity index (χ3n) is 4.97. The quantitative estimate of drug-likeness (QED) is 0.250. The third kappa shape index (κ3) is 3.90. The van der Waals surface area contributed by atoms with Crippen molar-refractivity contribution in [2.75, 3.05) is 11.5 Å². The van der Waals surface area contributed by atoms with Gasteiger partial charge in [-0.3, -0.25) is 14.5 Å². The molecule has 1 N–H and O–H groups in total. The second-order valence-corrected chi connectivity index (χ2v) is 7.58. The number of benzene rings is 2. The molecule has 0 saturated carbocycles. The molecule has 7 nitrogen and oxygen atoms in total. The number of aromatic nitrogens is 1. The first-order chi connectivity index (χ1) is 15.4. The van der Waals surface area contributed by atoms with Gasteiger partial charge in [0.2, 0.25) is 0 Å². The Bertz CT molecular complexity index is 1230. The number of hydrogen-bond acceptors (Lipinski definition) is 6. The van der Waals surface area contributed by atoms with Gasteiger partial charge in [-0.15, -0.1) is 0 Å². The van der Waals surface area contributed by atoms with Crippen LogP contribution in [-0.2, 0) is 9.59 Å². The van der Waals surface area contributed by atoms with Crippen molar-refractivity contribution in [3.8, 4) is 5.75 Å². The van der Waals surface area contributed by atoms with Crippen LogP contribution in [0.15, 0.2) is 77.3 Å². The Balaban J connectivity index is 1.90. The first-order valence-electron chi connectivity index (χ1n) is 9.74. The standard InChI is InChI=1S/C24H19ClN2O5/c1-3-11-31-18-6-4-5-16(13-18)21-20(22(28)15-7-9-17(25)10-8-15)23(29)24(30)27(21)19-12-14(2)32-26-19/h3-10,12-13,21,28H,1,11H2,2H3/b22-20+. The molecular weight excluding hydrogens is 432 g/mol. The third-order valence-corrected chi connectivity index (χ3v) is 5.22. The normalized spacial score (nSPS) is 17.6. The first kappa shape index (κ1) is 21.4. The van der Waals surface area contributed by atoms with E-state index in [1.165, 1.54) is 4.90 Å². The van der Waals surface area contributed by atoms with Crippen molar-refractivity contribution in [3.63, 3.8) is 0 Å². The molecule has 0 aliphatic carbocycles. The van der Waals surface area contributed by atoms with Gasteiger partial charge in [-0.25, -0.2) is 0 Å². The summed E-state index contributed by atoms with van der Waals surface area (Å²) in [4.78, 5) is 27.3. The molecule has 0 spiro atoms. The van der Waals surface area contributed by atoms with Gasteiger partial charge in [0.05, 0.1) is 11.6 Å². The molecule has 8 heteroatoms. The van der Waals surface area contributed by atoms with E-state index >= 15 is 0 Å². The summed E-state index contributed by atoms with van der Waals surface area (Å²) >= 11 is 5.95. The Morgan fingerprint density at radius 1 is 1.25 bits per heavy atom. The number of carbonyl (C=O) groups is 2. The van der Waals surface area contributed by atoms with E-state index < -0.39 is 17.7 Å². The number of halogens is 1. The Labute approximate surface area is 189 Å². The summed E-state index contributed by atoms with van der Waals surface area (Å²) in [7, 11) is 0. The number of aliphatic hydroxyl groups is 1. The zero-order valence-electron chi connectivity index (χ0n) is 17.1. The molecule has 1 amide bonds. The van der Waals surface area contributed by atoms with Crippen molar-refractivity contribution in [1.29, 1.82) is 0 Å². The Morgan fingerprint density at radius 3 is 2.66 bits per heavy atom. The maximum Gasteiger partial charge on any atom is 0.301 e. The largest absolute Gasteiger partial charge is 0.507 e. The zero-order chi connectivity index (χ0) is 22.8. The van der Waals surface area contributed by atoms with Crippen LogP contribution in [0.4, 0.5) is 5.82 Å². The van der Waals surface area contributed by atoms with Crippen molar-refractivity contribution in [1.82, 2.24) is 5.16 Å². The van der Waals surface area contributed by atoms with Gasteiger partial charge in [-0.05, 0) is 48.9 Å². The summed E-state index contributed by atoms with van der Waals surface area (Å²) in [5.41, 5.74) is 0.841. The lowest BCUT2D eigenvalue weighted by atomic mass is 9.95. The van der Waals surface area contributed by atoms with Crippen molar-refractivity contribution in [3.05, 3.63) is 94.7 Å². The van der Waals surface area contributed by atoms with Gasteiger partial charge in [0.1, 0.15) is 23.9 Å². The van der Waals surface area contributed by atoms with Crippen LogP contribution < -0.4 is 9.64 Å². The van der Waals surface area contributed by atoms with Crippen LogP contribution in [0, 0.1) is 6.92 Å². The molecule has 0 radical (unpaired) electrons. The number of aryl methyl sites for hydroxylation is 1. The summed E-state index contributed by atoms with van der Waals surface area (Å²) in [6, 6.07) is 13.9. The molecule has 2 aromatic carbocycles. The van der Waals surface area contributed by atoms with Gasteiger partial charge in [0.15, 0.2) is 5.82 Å². The van der Waals surface area contributed by atoms with Crippen molar-refractivity contribution in [2.45, 2.75) is 13.0 Å². The molecule has 32 heavy (non-hydrogen) atoms. The van der Waals surface area contributed by atoms with E-state index in [1.54, 1.807) is 67.6 Å². The van der Waals surface area contributed by atoms with E-state index in [-0.39, 0.29) is 23.8 Å². The molecule has 4 rings (SSSR count). The fraction of sp³-hybridized carbons (Fsp3) is 0.125. The second kappa shape index (κ2) is 8.72. The van der Waals surface area contributed by atoms with Gasteiger partial charge < -0.3 is 14.4 Å². The van der Waals surface area contributed by atoms with Crippen molar-refractivity contribution in [2.24, 2.45) is 0 Å². The maximum absolute atomic E-state index is 13.1. The van der Waals surface area contributed by atoms with Crippen LogP contribution in [0.3, 0.4) is 0 Å². The number of rotatable bonds is 6. The second-order valence-electron chi connectivity index (χ2n) is 7.14. The number of aliphatic hydroxyl groups excluding tert-OH is 1. The van der Waals surface area contributed by atoms with Gasteiger partial charge in [0, 0.05) is 16.7 Å². The van der Waals surface area contributed by atoms with Gasteiger partial charge in [0.25, 0.3) is 5.78 Å². The Hall–Kier alpha value is -3.84. The van der Waals surface area contributed by atoms with E-state index in [0.29, 0.717) is 27.7 Å². The van der Waals surface area contributed by atoms with Crippen molar-refractivity contribution < 1.29 is 24.0 Å². The number of ether oxygens (including phenoxy) is 1. The molecule has 2 heterocycles. The smallest absolute Gasteiger partial charge is 0.301 e. The number of carbonyl (C=O) groups excluding carboxylic acids is 2. The van der Waals surface area contributed by atoms with Crippen molar-refractivity contribution >= 4 is 34.9 Å². The molecule has 1 aliphatic rings. The van der Waals surface area contributed by atoms with Crippen LogP contribution >= 0.6 is 11.6 Å². The summed E-state index contributed by atoms with van der Waals surface area (Å²) in [5, 5.41) is 15.5. The highest BCUT2D eigenvalue weighted by atomic mass is 35.5. The minimum atomic E-state index is -0.942. The van der Waals surface area contributed by atoms with Gasteiger partial charge in [-0.1, -0.05) is 41.5 Å². The number of nitrogens with zero attached hydrogens (tertiary/aromatic N) is 2. The number of anilines is 1. The van der Waals surface area contributed by atoms with Gasteiger partial charge >= 0.3 is 5.91 Å². The molecule has 1 aromatic heterocycles. The lowest BCUT2D eigenvalue weighted by Crippen LogP contribution is -2.29. The number of hydrogen-bond donors (Lipinski definition) is 1. The van der Waals surface area contributed by atoms with E-state index in [2.05, 4.69) is 11.7 Å². The van der Waals surface area contributed by atoms with Crippen LogP contribution in [0.25, 0.3) is 5.76 Å². The highest BCUT2D eigenvalue weighted by Crippen LogP contribution is 2.42. The van der Waals surface area contributed by atoms with E-state index in [0.717, 1.165) is 0 Å². The minimum absolute atomic E-state index is 0.0705. The summed E-state index contributed by atoms with van der Waals surface area (Å²) in [6.45, 7) is 5.60. The molecule has 0 bridgehead atoms. The summed E-state index contributed by atoms with van der Waals surface area (Å²) in [6.07, 6.45) is 1.61. The number of amides is 1.